The van der Waals surface area contributed by atoms with Crippen molar-refractivity contribution in [2.24, 2.45) is 5.41 Å². The van der Waals surface area contributed by atoms with E-state index >= 15 is 0 Å². The molecule has 6 nitrogen and oxygen atoms in total. The molecule has 0 bridgehead atoms. The first kappa shape index (κ1) is 12.3. The Morgan fingerprint density at radius 3 is 2.89 bits per heavy atom. The van der Waals surface area contributed by atoms with Gasteiger partial charge in [0.05, 0.1) is 6.54 Å². The van der Waals surface area contributed by atoms with Crippen LogP contribution in [0.5, 0.6) is 0 Å². The maximum Gasteiger partial charge on any atom is 0.319 e. The Kier molecular flexibility index (Phi) is 3.45. The summed E-state index contributed by atoms with van der Waals surface area (Å²) in [5.74, 6) is -0.908. The van der Waals surface area contributed by atoms with Crippen LogP contribution in [0.3, 0.4) is 0 Å². The first-order chi connectivity index (χ1) is 8.65. The first-order valence-corrected chi connectivity index (χ1v) is 5.80. The molecule has 1 heterocycles. The SMILES string of the molecule is O=C(O)C1(C(=O)NCc2ncc[nH]2)CC=CCC1. The molecule has 6 heteroatoms. The molecule has 0 fully saturated rings. The number of carbonyl (C=O) groups excluding carboxylic acids is 1. The third kappa shape index (κ3) is 2.27. The number of aromatic nitrogens is 2. The van der Waals surface area contributed by atoms with Crippen molar-refractivity contribution in [2.75, 3.05) is 0 Å². The van der Waals surface area contributed by atoms with Gasteiger partial charge in [-0.2, -0.15) is 0 Å². The number of nitrogens with zero attached hydrogens (tertiary/aromatic N) is 1. The number of aliphatic carboxylic acids is 1. The van der Waals surface area contributed by atoms with E-state index in [4.69, 9.17) is 0 Å². The summed E-state index contributed by atoms with van der Waals surface area (Å²) in [6.45, 7) is 0.213. The Hall–Kier alpha value is -2.11. The molecular formula is C12H15N3O3. The van der Waals surface area contributed by atoms with Crippen molar-refractivity contribution in [1.82, 2.24) is 15.3 Å². The van der Waals surface area contributed by atoms with Crippen LogP contribution in [0.1, 0.15) is 25.1 Å². The Morgan fingerprint density at radius 1 is 1.50 bits per heavy atom. The summed E-state index contributed by atoms with van der Waals surface area (Å²) in [4.78, 5) is 30.3. The number of carboxylic acids is 1. The number of nitrogens with one attached hydrogen (secondary N) is 2. The number of hydrogen-bond acceptors (Lipinski definition) is 3. The lowest BCUT2D eigenvalue weighted by molar-refractivity contribution is -0.156. The Balaban J connectivity index is 2.05. The molecule has 0 saturated heterocycles. The van der Waals surface area contributed by atoms with Crippen LogP contribution in [0.2, 0.25) is 0 Å². The number of aromatic amines is 1. The van der Waals surface area contributed by atoms with E-state index in [1.807, 2.05) is 6.08 Å². The number of allylic oxidation sites excluding steroid dienone is 2. The van der Waals surface area contributed by atoms with Gasteiger partial charge >= 0.3 is 5.97 Å². The van der Waals surface area contributed by atoms with Gasteiger partial charge in [0.2, 0.25) is 5.91 Å². The molecule has 0 aromatic carbocycles. The van der Waals surface area contributed by atoms with Crippen LogP contribution in [-0.2, 0) is 16.1 Å². The molecule has 1 aliphatic carbocycles. The highest BCUT2D eigenvalue weighted by molar-refractivity contribution is 6.02. The van der Waals surface area contributed by atoms with Crippen molar-refractivity contribution >= 4 is 11.9 Å². The molecule has 1 aliphatic rings. The zero-order valence-electron chi connectivity index (χ0n) is 9.85. The van der Waals surface area contributed by atoms with E-state index in [1.165, 1.54) is 0 Å². The van der Waals surface area contributed by atoms with Crippen LogP contribution in [0.4, 0.5) is 0 Å². The number of H-pyrrole nitrogens is 1. The van der Waals surface area contributed by atoms with Gasteiger partial charge in [-0.15, -0.1) is 0 Å². The molecule has 1 aromatic heterocycles. The molecule has 0 aliphatic heterocycles. The van der Waals surface area contributed by atoms with Crippen molar-refractivity contribution < 1.29 is 14.7 Å². The van der Waals surface area contributed by atoms with Gasteiger partial charge < -0.3 is 15.4 Å². The van der Waals surface area contributed by atoms with Crippen molar-refractivity contribution in [1.29, 1.82) is 0 Å². The van der Waals surface area contributed by atoms with Gasteiger partial charge in [0.25, 0.3) is 0 Å². The van der Waals surface area contributed by atoms with E-state index in [0.29, 0.717) is 18.7 Å². The van der Waals surface area contributed by atoms with Crippen molar-refractivity contribution in [3.63, 3.8) is 0 Å². The molecule has 96 valence electrons. The highest BCUT2D eigenvalue weighted by Crippen LogP contribution is 2.33. The van der Waals surface area contributed by atoms with Gasteiger partial charge in [-0.1, -0.05) is 12.2 Å². The van der Waals surface area contributed by atoms with Gasteiger partial charge in [0.1, 0.15) is 11.2 Å². The van der Waals surface area contributed by atoms with Crippen LogP contribution in [0, 0.1) is 5.41 Å². The lowest BCUT2D eigenvalue weighted by Gasteiger charge is -2.28. The minimum atomic E-state index is -1.33. The monoisotopic (exact) mass is 249 g/mol. The summed E-state index contributed by atoms with van der Waals surface area (Å²) in [5.41, 5.74) is -1.33. The Morgan fingerprint density at radius 2 is 2.33 bits per heavy atom. The molecule has 18 heavy (non-hydrogen) atoms. The third-order valence-electron chi connectivity index (χ3n) is 3.19. The average molecular weight is 249 g/mol. The van der Waals surface area contributed by atoms with Gasteiger partial charge in [0.15, 0.2) is 0 Å². The van der Waals surface area contributed by atoms with Gasteiger partial charge in [-0.25, -0.2) is 4.98 Å². The summed E-state index contributed by atoms with van der Waals surface area (Å²) in [5, 5.41) is 11.9. The smallest absolute Gasteiger partial charge is 0.319 e. The fraction of sp³-hybridized carbons (Fsp3) is 0.417. The van der Waals surface area contributed by atoms with Gasteiger partial charge in [-0.3, -0.25) is 9.59 Å². The van der Waals surface area contributed by atoms with E-state index < -0.39 is 17.3 Å². The topological polar surface area (TPSA) is 95.1 Å². The summed E-state index contributed by atoms with van der Waals surface area (Å²) in [7, 11) is 0. The number of carboxylic acid groups (broad SMARTS) is 1. The molecule has 3 N–H and O–H groups in total. The second-order valence-electron chi connectivity index (χ2n) is 4.32. The maximum absolute atomic E-state index is 12.1. The largest absolute Gasteiger partial charge is 0.480 e. The number of amides is 1. The van der Waals surface area contributed by atoms with Gasteiger partial charge in [-0.05, 0) is 19.3 Å². The lowest BCUT2D eigenvalue weighted by atomic mass is 9.76. The van der Waals surface area contributed by atoms with Crippen LogP contribution in [-0.4, -0.2) is 27.0 Å². The highest BCUT2D eigenvalue weighted by atomic mass is 16.4. The molecule has 0 radical (unpaired) electrons. The van der Waals surface area contributed by atoms with E-state index in [1.54, 1.807) is 18.5 Å². The Bertz CT molecular complexity index is 467. The maximum atomic E-state index is 12.1. The molecule has 1 aromatic rings. The van der Waals surface area contributed by atoms with Crippen LogP contribution in [0.25, 0.3) is 0 Å². The summed E-state index contributed by atoms with van der Waals surface area (Å²) < 4.78 is 0. The molecular weight excluding hydrogens is 234 g/mol. The number of hydrogen-bond donors (Lipinski definition) is 3. The normalized spacial score (nSPS) is 22.7. The van der Waals surface area contributed by atoms with Crippen LogP contribution in [0.15, 0.2) is 24.5 Å². The predicted octanol–water partition coefficient (Wildman–Crippen LogP) is 0.837. The van der Waals surface area contributed by atoms with Crippen molar-refractivity contribution in [3.8, 4) is 0 Å². The second-order valence-corrected chi connectivity index (χ2v) is 4.32. The summed E-state index contributed by atoms with van der Waals surface area (Å²) in [6.07, 6.45) is 8.08. The third-order valence-corrected chi connectivity index (χ3v) is 3.19. The van der Waals surface area contributed by atoms with Crippen molar-refractivity contribution in [3.05, 3.63) is 30.4 Å². The minimum Gasteiger partial charge on any atom is -0.480 e. The highest BCUT2D eigenvalue weighted by Gasteiger charge is 2.45. The van der Waals surface area contributed by atoms with Gasteiger partial charge in [0, 0.05) is 12.4 Å². The zero-order chi connectivity index (χ0) is 13.0. The number of imidazole rings is 1. The van der Waals surface area contributed by atoms with E-state index in [2.05, 4.69) is 15.3 Å². The molecule has 1 unspecified atom stereocenters. The first-order valence-electron chi connectivity index (χ1n) is 5.80. The standard InChI is InChI=1S/C12H15N3O3/c16-10(15-8-9-13-6-7-14-9)12(11(17)18)4-2-1-3-5-12/h1-2,6-7H,3-5,8H2,(H,13,14)(H,15,16)(H,17,18). The van der Waals surface area contributed by atoms with Crippen LogP contribution >= 0.6 is 0 Å². The fourth-order valence-corrected chi connectivity index (χ4v) is 2.06. The number of rotatable bonds is 4. The second kappa shape index (κ2) is 5.03. The summed E-state index contributed by atoms with van der Waals surface area (Å²) >= 11 is 0. The lowest BCUT2D eigenvalue weighted by Crippen LogP contribution is -2.46. The van der Waals surface area contributed by atoms with E-state index in [9.17, 15) is 14.7 Å². The molecule has 1 atom stereocenters. The van der Waals surface area contributed by atoms with Crippen molar-refractivity contribution in [2.45, 2.75) is 25.8 Å². The molecule has 0 saturated carbocycles. The van der Waals surface area contributed by atoms with Crippen LogP contribution < -0.4 is 5.32 Å². The Labute approximate surface area is 104 Å². The predicted molar refractivity (Wildman–Crippen MR) is 63.5 cm³/mol. The summed E-state index contributed by atoms with van der Waals surface area (Å²) in [6, 6.07) is 0. The quantitative estimate of drug-likeness (QED) is 0.544. The minimum absolute atomic E-state index is 0.213. The zero-order valence-corrected chi connectivity index (χ0v) is 9.85. The fourth-order valence-electron chi connectivity index (χ4n) is 2.06. The average Bonchev–Trinajstić information content (AvgIpc) is 2.89. The van der Waals surface area contributed by atoms with E-state index in [-0.39, 0.29) is 13.0 Å². The molecule has 2 rings (SSSR count). The number of carbonyl (C=O) groups is 2. The molecule has 0 spiro atoms. The van der Waals surface area contributed by atoms with E-state index in [0.717, 1.165) is 0 Å². The molecule has 1 amide bonds.